The Labute approximate surface area is 176 Å². The van der Waals surface area contributed by atoms with Crippen LogP contribution in [0.15, 0.2) is 60.4 Å². The molecular formula is C24H15FO6. The maximum atomic E-state index is 13.1. The Bertz CT molecular complexity index is 1260. The van der Waals surface area contributed by atoms with Crippen molar-refractivity contribution in [3.05, 3.63) is 88.4 Å². The molecule has 0 saturated heterocycles. The molecule has 5 rings (SSSR count). The highest BCUT2D eigenvalue weighted by molar-refractivity contribution is 6.15. The predicted octanol–water partition coefficient (Wildman–Crippen LogP) is 4.70. The molecule has 0 radical (unpaired) electrons. The molecule has 0 amide bonds. The average Bonchev–Trinajstić information content (AvgIpc) is 3.35. The van der Waals surface area contributed by atoms with E-state index in [1.54, 1.807) is 43.3 Å². The zero-order valence-corrected chi connectivity index (χ0v) is 16.3. The minimum absolute atomic E-state index is 0.152. The van der Waals surface area contributed by atoms with Crippen molar-refractivity contribution in [1.29, 1.82) is 0 Å². The number of ether oxygens (including phenoxy) is 4. The fourth-order valence-corrected chi connectivity index (χ4v) is 3.38. The molecular weight excluding hydrogens is 403 g/mol. The summed E-state index contributed by atoms with van der Waals surface area (Å²) in [4.78, 5) is 25.1. The zero-order valence-electron chi connectivity index (χ0n) is 16.3. The number of allylic oxidation sites excluding steroid dienone is 1. The Morgan fingerprint density at radius 2 is 1.81 bits per heavy atom. The Morgan fingerprint density at radius 1 is 1.03 bits per heavy atom. The number of benzene rings is 3. The van der Waals surface area contributed by atoms with Gasteiger partial charge in [0.1, 0.15) is 17.3 Å². The number of rotatable bonds is 3. The molecule has 0 bridgehead atoms. The van der Waals surface area contributed by atoms with E-state index >= 15 is 0 Å². The van der Waals surface area contributed by atoms with E-state index < -0.39 is 11.8 Å². The van der Waals surface area contributed by atoms with E-state index in [0.29, 0.717) is 28.4 Å². The average molecular weight is 418 g/mol. The second-order valence-electron chi connectivity index (χ2n) is 7.01. The number of fused-ring (bicyclic) bond motifs is 2. The Kier molecular flexibility index (Phi) is 4.43. The largest absolute Gasteiger partial charge is 0.454 e. The molecule has 0 atom stereocenters. The Hall–Kier alpha value is -4.13. The second kappa shape index (κ2) is 7.28. The number of carbonyl (C=O) groups excluding carboxylic acids is 2. The van der Waals surface area contributed by atoms with Crippen LogP contribution in [0.1, 0.15) is 31.8 Å². The Balaban J connectivity index is 1.41. The van der Waals surface area contributed by atoms with Crippen LogP contribution in [0, 0.1) is 12.7 Å². The van der Waals surface area contributed by atoms with Gasteiger partial charge >= 0.3 is 5.97 Å². The van der Waals surface area contributed by atoms with Crippen molar-refractivity contribution in [2.45, 2.75) is 6.92 Å². The first-order chi connectivity index (χ1) is 15.0. The number of hydrogen-bond acceptors (Lipinski definition) is 6. The third kappa shape index (κ3) is 3.40. The summed E-state index contributed by atoms with van der Waals surface area (Å²) in [6.45, 7) is 1.86. The monoisotopic (exact) mass is 418 g/mol. The lowest BCUT2D eigenvalue weighted by atomic mass is 10.1. The molecule has 3 aromatic rings. The standard InChI is InChI=1S/C24H15FO6/c1-13-18(31-24(27)15-3-5-16(25)6-4-15)9-7-17-22(26)21(30-23(13)17)11-14-2-8-19-20(10-14)29-12-28-19/h2-11H,12H2,1H3/b21-11-. The minimum Gasteiger partial charge on any atom is -0.454 e. The fourth-order valence-electron chi connectivity index (χ4n) is 3.38. The van der Waals surface area contributed by atoms with Crippen molar-refractivity contribution in [1.82, 2.24) is 0 Å². The van der Waals surface area contributed by atoms with Crippen LogP contribution in [0.3, 0.4) is 0 Å². The smallest absolute Gasteiger partial charge is 0.343 e. The van der Waals surface area contributed by atoms with Crippen LogP contribution in [-0.4, -0.2) is 18.5 Å². The van der Waals surface area contributed by atoms with Gasteiger partial charge in [-0.3, -0.25) is 4.79 Å². The zero-order chi connectivity index (χ0) is 21.5. The first-order valence-corrected chi connectivity index (χ1v) is 9.45. The van der Waals surface area contributed by atoms with Crippen LogP contribution in [0.2, 0.25) is 0 Å². The van der Waals surface area contributed by atoms with Gasteiger partial charge < -0.3 is 18.9 Å². The van der Waals surface area contributed by atoms with Gasteiger partial charge in [0.25, 0.3) is 0 Å². The van der Waals surface area contributed by atoms with Gasteiger partial charge in [-0.05, 0) is 67.1 Å². The van der Waals surface area contributed by atoms with E-state index in [0.717, 1.165) is 5.56 Å². The summed E-state index contributed by atoms with van der Waals surface area (Å²) in [5, 5.41) is 0. The molecule has 2 aliphatic heterocycles. The molecule has 3 aromatic carbocycles. The number of carbonyl (C=O) groups is 2. The van der Waals surface area contributed by atoms with Gasteiger partial charge in [0, 0.05) is 5.56 Å². The molecule has 31 heavy (non-hydrogen) atoms. The number of halogens is 1. The quantitative estimate of drug-likeness (QED) is 0.349. The molecule has 7 heteroatoms. The highest BCUT2D eigenvalue weighted by Crippen LogP contribution is 2.40. The Morgan fingerprint density at radius 3 is 2.61 bits per heavy atom. The summed E-state index contributed by atoms with van der Waals surface area (Å²) in [5.41, 5.74) is 1.82. The molecule has 2 heterocycles. The van der Waals surface area contributed by atoms with Gasteiger partial charge in [-0.1, -0.05) is 6.07 Å². The SMILES string of the molecule is Cc1c(OC(=O)c2ccc(F)cc2)ccc2c1O/C(=C\c1ccc3c(c1)OCO3)C2=O. The van der Waals surface area contributed by atoms with E-state index in [1.807, 2.05) is 0 Å². The molecule has 0 fully saturated rings. The van der Waals surface area contributed by atoms with Gasteiger partial charge in [0.05, 0.1) is 11.1 Å². The highest BCUT2D eigenvalue weighted by atomic mass is 19.1. The molecule has 6 nitrogen and oxygen atoms in total. The fraction of sp³-hybridized carbons (Fsp3) is 0.0833. The van der Waals surface area contributed by atoms with E-state index in [-0.39, 0.29) is 29.6 Å². The lowest BCUT2D eigenvalue weighted by molar-refractivity contribution is 0.0733. The maximum absolute atomic E-state index is 13.1. The van der Waals surface area contributed by atoms with Crippen LogP contribution < -0.4 is 18.9 Å². The lowest BCUT2D eigenvalue weighted by Gasteiger charge is -2.10. The second-order valence-corrected chi connectivity index (χ2v) is 7.01. The van der Waals surface area contributed by atoms with Crippen molar-refractivity contribution < 1.29 is 32.9 Å². The number of Topliss-reactive ketones (excluding diaryl/α,β-unsaturated/α-hetero) is 1. The third-order valence-corrected chi connectivity index (χ3v) is 5.01. The number of ketones is 1. The summed E-state index contributed by atoms with van der Waals surface area (Å²) in [5.74, 6) is 0.635. The first kappa shape index (κ1) is 18.9. The van der Waals surface area contributed by atoms with Gasteiger partial charge in [-0.2, -0.15) is 0 Å². The molecule has 0 aliphatic carbocycles. The summed E-state index contributed by atoms with van der Waals surface area (Å²) in [6.07, 6.45) is 1.62. The van der Waals surface area contributed by atoms with Gasteiger partial charge in [0.2, 0.25) is 12.6 Å². The molecule has 0 unspecified atom stereocenters. The summed E-state index contributed by atoms with van der Waals surface area (Å²) >= 11 is 0. The van der Waals surface area contributed by atoms with Crippen molar-refractivity contribution in [2.24, 2.45) is 0 Å². The van der Waals surface area contributed by atoms with E-state index in [2.05, 4.69) is 0 Å². The summed E-state index contributed by atoms with van der Waals surface area (Å²) < 4.78 is 35.0. The van der Waals surface area contributed by atoms with Crippen LogP contribution in [0.5, 0.6) is 23.0 Å². The van der Waals surface area contributed by atoms with Gasteiger partial charge in [0.15, 0.2) is 17.3 Å². The van der Waals surface area contributed by atoms with Crippen LogP contribution >= 0.6 is 0 Å². The minimum atomic E-state index is -0.636. The van der Waals surface area contributed by atoms with Crippen molar-refractivity contribution in [2.75, 3.05) is 6.79 Å². The van der Waals surface area contributed by atoms with Crippen molar-refractivity contribution >= 4 is 17.8 Å². The van der Waals surface area contributed by atoms with Gasteiger partial charge in [-0.25, -0.2) is 9.18 Å². The lowest BCUT2D eigenvalue weighted by Crippen LogP contribution is -2.09. The number of hydrogen-bond donors (Lipinski definition) is 0. The molecule has 154 valence electrons. The van der Waals surface area contributed by atoms with E-state index in [4.69, 9.17) is 18.9 Å². The first-order valence-electron chi connectivity index (χ1n) is 9.45. The maximum Gasteiger partial charge on any atom is 0.343 e. The van der Waals surface area contributed by atoms with Crippen molar-refractivity contribution in [3.8, 4) is 23.0 Å². The molecule has 0 saturated carbocycles. The summed E-state index contributed by atoms with van der Waals surface area (Å²) in [6, 6.07) is 13.5. The predicted molar refractivity (Wildman–Crippen MR) is 108 cm³/mol. The molecule has 0 spiro atoms. The molecule has 0 aromatic heterocycles. The van der Waals surface area contributed by atoms with Crippen molar-refractivity contribution in [3.63, 3.8) is 0 Å². The third-order valence-electron chi connectivity index (χ3n) is 5.01. The molecule has 2 aliphatic rings. The summed E-state index contributed by atoms with van der Waals surface area (Å²) in [7, 11) is 0. The van der Waals surface area contributed by atoms with Crippen LogP contribution in [0.25, 0.3) is 6.08 Å². The normalized spacial score (nSPS) is 15.0. The van der Waals surface area contributed by atoms with E-state index in [1.165, 1.54) is 24.3 Å². The topological polar surface area (TPSA) is 71.1 Å². The highest BCUT2D eigenvalue weighted by Gasteiger charge is 2.31. The molecule has 0 N–H and O–H groups in total. The van der Waals surface area contributed by atoms with Crippen LogP contribution in [-0.2, 0) is 0 Å². The van der Waals surface area contributed by atoms with E-state index in [9.17, 15) is 14.0 Å². The number of esters is 1. The van der Waals surface area contributed by atoms with Crippen LogP contribution in [0.4, 0.5) is 4.39 Å². The van der Waals surface area contributed by atoms with Gasteiger partial charge in [-0.15, -0.1) is 0 Å².